The second-order valence-corrected chi connectivity index (χ2v) is 6.32. The minimum absolute atomic E-state index is 0.209. The molecule has 0 aromatic carbocycles. The van der Waals surface area contributed by atoms with E-state index in [0.717, 1.165) is 44.7 Å². The van der Waals surface area contributed by atoms with Crippen LogP contribution in [-0.2, 0) is 17.8 Å². The third kappa shape index (κ3) is 2.12. The van der Waals surface area contributed by atoms with E-state index in [9.17, 15) is 4.79 Å². The molecule has 1 fully saturated rings. The van der Waals surface area contributed by atoms with E-state index in [-0.39, 0.29) is 5.41 Å². The van der Waals surface area contributed by atoms with E-state index in [1.54, 1.807) is 0 Å². The van der Waals surface area contributed by atoms with Crippen LogP contribution in [0.4, 0.5) is 0 Å². The molecule has 0 spiro atoms. The van der Waals surface area contributed by atoms with Gasteiger partial charge in [-0.15, -0.1) is 0 Å². The Kier molecular flexibility index (Phi) is 3.50. The van der Waals surface area contributed by atoms with E-state index in [1.807, 2.05) is 17.2 Å². The molecule has 1 unspecified atom stereocenters. The molecule has 0 radical (unpaired) electrons. The predicted octanol–water partition coefficient (Wildman–Crippen LogP) is 1.60. The van der Waals surface area contributed by atoms with Crippen molar-refractivity contribution in [2.75, 3.05) is 19.6 Å². The van der Waals surface area contributed by atoms with Gasteiger partial charge in [0, 0.05) is 37.9 Å². The van der Waals surface area contributed by atoms with Crippen molar-refractivity contribution in [3.8, 4) is 0 Å². The Bertz CT molecular complexity index is 506. The normalized spacial score (nSPS) is 25.9. The topological polar surface area (TPSA) is 45.2 Å². The maximum atomic E-state index is 13.0. The van der Waals surface area contributed by atoms with Crippen LogP contribution < -0.4 is 5.32 Å². The van der Waals surface area contributed by atoms with Crippen LogP contribution in [0, 0.1) is 11.3 Å². The summed E-state index contributed by atoms with van der Waals surface area (Å²) in [4.78, 5) is 19.5. The van der Waals surface area contributed by atoms with Gasteiger partial charge in [-0.3, -0.25) is 9.78 Å². The van der Waals surface area contributed by atoms with Crippen LogP contribution in [0.25, 0.3) is 0 Å². The summed E-state index contributed by atoms with van der Waals surface area (Å²) >= 11 is 0. The smallest absolute Gasteiger partial charge is 0.230 e. The molecule has 3 heterocycles. The fourth-order valence-electron chi connectivity index (χ4n) is 3.49. The molecular formula is C16H23N3O. The molecule has 1 N–H and O–H groups in total. The molecule has 1 aromatic rings. The van der Waals surface area contributed by atoms with Gasteiger partial charge in [-0.2, -0.15) is 0 Å². The molecule has 1 atom stereocenters. The molecular weight excluding hydrogens is 250 g/mol. The van der Waals surface area contributed by atoms with Gasteiger partial charge in [-0.25, -0.2) is 0 Å². The maximum absolute atomic E-state index is 13.0. The lowest BCUT2D eigenvalue weighted by atomic mass is 9.75. The summed E-state index contributed by atoms with van der Waals surface area (Å²) in [6.45, 7) is 7.64. The van der Waals surface area contributed by atoms with Crippen molar-refractivity contribution in [3.05, 3.63) is 29.6 Å². The van der Waals surface area contributed by atoms with E-state index in [0.29, 0.717) is 11.8 Å². The van der Waals surface area contributed by atoms with Crippen LogP contribution in [0.5, 0.6) is 0 Å². The Labute approximate surface area is 120 Å². The van der Waals surface area contributed by atoms with Crippen LogP contribution in [0.2, 0.25) is 0 Å². The van der Waals surface area contributed by atoms with Crippen molar-refractivity contribution >= 4 is 5.91 Å². The zero-order valence-electron chi connectivity index (χ0n) is 12.4. The van der Waals surface area contributed by atoms with E-state index < -0.39 is 0 Å². The van der Waals surface area contributed by atoms with E-state index in [2.05, 4.69) is 30.2 Å². The highest BCUT2D eigenvalue weighted by molar-refractivity contribution is 5.84. The number of pyridine rings is 1. The number of aromatic nitrogens is 1. The summed E-state index contributed by atoms with van der Waals surface area (Å²) in [5, 5.41) is 3.37. The predicted molar refractivity (Wildman–Crippen MR) is 78.1 cm³/mol. The molecule has 4 nitrogen and oxygen atoms in total. The first-order chi connectivity index (χ1) is 9.63. The van der Waals surface area contributed by atoms with Crippen molar-refractivity contribution < 1.29 is 4.79 Å². The summed E-state index contributed by atoms with van der Waals surface area (Å²) in [5.74, 6) is 0.701. The molecule has 108 valence electrons. The van der Waals surface area contributed by atoms with Crippen molar-refractivity contribution in [3.63, 3.8) is 0 Å². The molecule has 4 heteroatoms. The zero-order valence-corrected chi connectivity index (χ0v) is 12.4. The fourth-order valence-corrected chi connectivity index (χ4v) is 3.49. The van der Waals surface area contributed by atoms with Crippen molar-refractivity contribution in [1.29, 1.82) is 0 Å². The van der Waals surface area contributed by atoms with Crippen LogP contribution in [0.3, 0.4) is 0 Å². The molecule has 0 saturated carbocycles. The molecule has 3 rings (SSSR count). The number of amides is 1. The van der Waals surface area contributed by atoms with Crippen molar-refractivity contribution in [2.24, 2.45) is 11.3 Å². The van der Waals surface area contributed by atoms with Gasteiger partial charge in [0.15, 0.2) is 0 Å². The Morgan fingerprint density at radius 2 is 2.35 bits per heavy atom. The fraction of sp³-hybridized carbons (Fsp3) is 0.625. The number of hydrogen-bond donors (Lipinski definition) is 1. The summed E-state index contributed by atoms with van der Waals surface area (Å²) in [6.07, 6.45) is 3.68. The summed E-state index contributed by atoms with van der Waals surface area (Å²) in [6, 6.07) is 4.05. The standard InChI is InChI=1S/C16H23N3O/c1-12(2)16(6-8-17-11-16)15(20)19-9-5-14-13(10-19)4-3-7-18-14/h3-4,7,12,17H,5-6,8-11H2,1-2H3. The molecule has 1 aromatic heterocycles. The van der Waals surface area contributed by atoms with Gasteiger partial charge < -0.3 is 10.2 Å². The Hall–Kier alpha value is -1.42. The summed E-state index contributed by atoms with van der Waals surface area (Å²) in [5.41, 5.74) is 2.15. The first-order valence-electron chi connectivity index (χ1n) is 7.56. The molecule has 20 heavy (non-hydrogen) atoms. The first kappa shape index (κ1) is 13.6. The van der Waals surface area contributed by atoms with Crippen LogP contribution in [-0.4, -0.2) is 35.4 Å². The van der Waals surface area contributed by atoms with Gasteiger partial charge in [0.1, 0.15) is 0 Å². The molecule has 2 aliphatic heterocycles. The van der Waals surface area contributed by atoms with E-state index >= 15 is 0 Å². The Morgan fingerprint density at radius 3 is 3.05 bits per heavy atom. The number of fused-ring (bicyclic) bond motifs is 1. The number of nitrogens with zero attached hydrogens (tertiary/aromatic N) is 2. The Morgan fingerprint density at radius 1 is 1.50 bits per heavy atom. The van der Waals surface area contributed by atoms with Gasteiger partial charge in [0.25, 0.3) is 0 Å². The number of carbonyl (C=O) groups excluding carboxylic acids is 1. The molecule has 0 aliphatic carbocycles. The van der Waals surface area contributed by atoms with Gasteiger partial charge >= 0.3 is 0 Å². The second kappa shape index (κ2) is 5.17. The maximum Gasteiger partial charge on any atom is 0.230 e. The van der Waals surface area contributed by atoms with E-state index in [1.165, 1.54) is 5.56 Å². The van der Waals surface area contributed by atoms with Gasteiger partial charge in [0.2, 0.25) is 5.91 Å². The number of carbonyl (C=O) groups is 1. The number of hydrogen-bond acceptors (Lipinski definition) is 3. The lowest BCUT2D eigenvalue weighted by Crippen LogP contribution is -2.49. The third-order valence-electron chi connectivity index (χ3n) is 4.97. The molecule has 1 amide bonds. The van der Waals surface area contributed by atoms with Gasteiger partial charge in [-0.1, -0.05) is 19.9 Å². The quantitative estimate of drug-likeness (QED) is 0.890. The second-order valence-electron chi connectivity index (χ2n) is 6.32. The summed E-state index contributed by atoms with van der Waals surface area (Å²) < 4.78 is 0. The third-order valence-corrected chi connectivity index (χ3v) is 4.97. The van der Waals surface area contributed by atoms with Gasteiger partial charge in [-0.05, 0) is 30.5 Å². The van der Waals surface area contributed by atoms with E-state index in [4.69, 9.17) is 0 Å². The van der Waals surface area contributed by atoms with Gasteiger partial charge in [0.05, 0.1) is 5.41 Å². The number of nitrogens with one attached hydrogen (secondary N) is 1. The highest BCUT2D eigenvalue weighted by Gasteiger charge is 2.46. The monoisotopic (exact) mass is 273 g/mol. The van der Waals surface area contributed by atoms with Crippen LogP contribution >= 0.6 is 0 Å². The molecule has 0 bridgehead atoms. The molecule has 2 aliphatic rings. The van der Waals surface area contributed by atoms with Crippen molar-refractivity contribution in [1.82, 2.24) is 15.2 Å². The minimum atomic E-state index is -0.209. The zero-order chi connectivity index (χ0) is 14.2. The highest BCUT2D eigenvalue weighted by Crippen LogP contribution is 2.37. The number of rotatable bonds is 2. The summed E-state index contributed by atoms with van der Waals surface area (Å²) in [7, 11) is 0. The Balaban J connectivity index is 1.82. The minimum Gasteiger partial charge on any atom is -0.337 e. The largest absolute Gasteiger partial charge is 0.337 e. The lowest BCUT2D eigenvalue weighted by Gasteiger charge is -2.38. The van der Waals surface area contributed by atoms with Crippen molar-refractivity contribution in [2.45, 2.75) is 33.2 Å². The average Bonchev–Trinajstić information content (AvgIpc) is 2.97. The highest BCUT2D eigenvalue weighted by atomic mass is 16.2. The lowest BCUT2D eigenvalue weighted by molar-refractivity contribution is -0.144. The molecule has 1 saturated heterocycles. The van der Waals surface area contributed by atoms with Crippen LogP contribution in [0.1, 0.15) is 31.5 Å². The first-order valence-corrected chi connectivity index (χ1v) is 7.56. The van der Waals surface area contributed by atoms with Crippen LogP contribution in [0.15, 0.2) is 18.3 Å². The SMILES string of the molecule is CC(C)C1(C(=O)N2CCc3ncccc3C2)CCNC1. The average molecular weight is 273 g/mol.